The molecule has 15 atom stereocenters. The van der Waals surface area contributed by atoms with Gasteiger partial charge >= 0.3 is 11.9 Å². The van der Waals surface area contributed by atoms with E-state index in [-0.39, 0.29) is 85.2 Å². The van der Waals surface area contributed by atoms with Crippen LogP contribution in [-0.4, -0.2) is 96.6 Å². The largest absolute Gasteiger partial charge is 0.507 e. The molecule has 0 amide bonds. The van der Waals surface area contributed by atoms with E-state index in [4.69, 9.17) is 14.2 Å². The third kappa shape index (κ3) is 11.2. The number of hydrogen-bond donors (Lipinski definition) is 7. The van der Waals surface area contributed by atoms with E-state index in [9.17, 15) is 40.2 Å². The van der Waals surface area contributed by atoms with Gasteiger partial charge in [0.05, 0.1) is 37.3 Å². The topological polar surface area (TPSA) is 212 Å². The fourth-order valence-electron chi connectivity index (χ4n) is 18.8. The fourth-order valence-corrected chi connectivity index (χ4v) is 18.8. The quantitative estimate of drug-likeness (QED) is 0.0636. The van der Waals surface area contributed by atoms with Crippen LogP contribution in [0.3, 0.4) is 0 Å². The first-order valence-corrected chi connectivity index (χ1v) is 33.2. The lowest BCUT2D eigenvalue weighted by Gasteiger charge is -2.59. The number of aliphatic hydroxyl groups excluding tert-OH is 3. The van der Waals surface area contributed by atoms with E-state index in [2.05, 4.69) is 35.4 Å². The highest BCUT2D eigenvalue weighted by molar-refractivity contribution is 5.89. The minimum absolute atomic E-state index is 0.0132. The van der Waals surface area contributed by atoms with Crippen molar-refractivity contribution in [3.8, 4) is 23.3 Å². The van der Waals surface area contributed by atoms with E-state index in [0.29, 0.717) is 83.7 Å². The maximum atomic E-state index is 16.3. The van der Waals surface area contributed by atoms with Gasteiger partial charge in [-0.15, -0.1) is 0 Å². The normalized spacial score (nSPS) is 34.9. The molecule has 4 aliphatic heterocycles. The predicted octanol–water partition coefficient (Wildman–Crippen LogP) is 11.1. The summed E-state index contributed by atoms with van der Waals surface area (Å²) in [6.45, 7) is 1.21. The van der Waals surface area contributed by atoms with Gasteiger partial charge < -0.3 is 50.2 Å². The molecule has 7 N–H and O–H groups in total. The maximum absolute atomic E-state index is 16.3. The molecule has 1 saturated heterocycles. The van der Waals surface area contributed by atoms with Crippen molar-refractivity contribution in [2.45, 2.75) is 252 Å². The number of carbonyl (C=O) groups excluding carboxylic acids is 3. The first-order valence-electron chi connectivity index (χ1n) is 33.2. The monoisotopic (exact) mass is 1160 g/mol. The Morgan fingerprint density at radius 1 is 0.788 bits per heavy atom. The van der Waals surface area contributed by atoms with Crippen molar-refractivity contribution in [1.82, 2.24) is 0 Å². The summed E-state index contributed by atoms with van der Waals surface area (Å²) in [5.41, 5.74) is 1.55. The van der Waals surface area contributed by atoms with Crippen molar-refractivity contribution < 1.29 is 59.2 Å². The van der Waals surface area contributed by atoms with Crippen LogP contribution in [0.4, 0.5) is 5.69 Å². The van der Waals surface area contributed by atoms with E-state index < -0.39 is 70.7 Å². The summed E-state index contributed by atoms with van der Waals surface area (Å²) in [4.78, 5) is 45.0. The average molecular weight is 1160 g/mol. The van der Waals surface area contributed by atoms with Gasteiger partial charge in [0.15, 0.2) is 0 Å². The maximum Gasteiger partial charge on any atom is 0.334 e. The lowest BCUT2D eigenvalue weighted by atomic mass is 9.48. The number of aliphatic hydroxyl groups is 5. The van der Waals surface area contributed by atoms with Gasteiger partial charge in [-0.3, -0.25) is 9.59 Å². The van der Waals surface area contributed by atoms with Gasteiger partial charge in [0, 0.05) is 59.0 Å². The molecule has 13 heteroatoms. The molecule has 6 saturated carbocycles. The van der Waals surface area contributed by atoms with Gasteiger partial charge in [0.1, 0.15) is 40.7 Å². The van der Waals surface area contributed by atoms with Gasteiger partial charge in [-0.25, -0.2) is 4.79 Å². The number of nitrogens with one attached hydrogen (secondary N) is 1. The number of ether oxygens (including phenoxy) is 3. The highest BCUT2D eigenvalue weighted by atomic mass is 16.6. The SMILES string of the molecule is CC(O)(CNc1cc(CO)cc(C2C#CC3CC(=O)Oc4c3cc(c(O)c4C3CCCCC3)CC3OC(=O)C(=CC(O)C4(CCCCC4)c4cccc(c4)CC4C(=O)CCC5C4CC4CCCCC4C35O)C2)c1)C(O)C1CCC2CCCCC2O1. The molecule has 456 valence electrons. The molecule has 6 aliphatic carbocycles. The molecule has 3 aromatic rings. The number of anilines is 1. The van der Waals surface area contributed by atoms with E-state index in [1.54, 1.807) is 19.1 Å². The molecule has 0 radical (unpaired) electrons. The Bertz CT molecular complexity index is 3110. The number of ketones is 1. The molecule has 0 aromatic heterocycles. The van der Waals surface area contributed by atoms with Gasteiger partial charge in [0.25, 0.3) is 0 Å². The molecule has 10 bridgehead atoms. The Kier molecular flexibility index (Phi) is 16.7. The van der Waals surface area contributed by atoms with E-state index in [1.807, 2.05) is 24.3 Å². The van der Waals surface area contributed by atoms with Gasteiger partial charge in [-0.1, -0.05) is 113 Å². The number of carbonyl (C=O) groups is 3. The van der Waals surface area contributed by atoms with E-state index in [0.717, 1.165) is 120 Å². The first kappa shape index (κ1) is 58.9. The Balaban J connectivity index is 0.975. The third-order valence-corrected chi connectivity index (χ3v) is 23.4. The summed E-state index contributed by atoms with van der Waals surface area (Å²) in [7, 11) is 0. The smallest absolute Gasteiger partial charge is 0.334 e. The van der Waals surface area contributed by atoms with Gasteiger partial charge in [-0.05, 0) is 178 Å². The number of Topliss-reactive ketones (excluding diaryl/α,β-unsaturated/α-hetero) is 1. The third-order valence-electron chi connectivity index (χ3n) is 23.4. The number of hydrogen-bond acceptors (Lipinski definition) is 13. The van der Waals surface area contributed by atoms with Crippen molar-refractivity contribution in [3.05, 3.63) is 99.1 Å². The minimum atomic E-state index is -1.62. The second kappa shape index (κ2) is 24.1. The van der Waals surface area contributed by atoms with Crippen LogP contribution in [0.15, 0.2) is 60.2 Å². The van der Waals surface area contributed by atoms with Crippen LogP contribution in [0.25, 0.3) is 0 Å². The van der Waals surface area contributed by atoms with Crippen molar-refractivity contribution in [2.24, 2.45) is 35.5 Å². The number of esters is 2. The van der Waals surface area contributed by atoms with Crippen LogP contribution >= 0.6 is 0 Å². The molecule has 4 heterocycles. The summed E-state index contributed by atoms with van der Waals surface area (Å²) < 4.78 is 20.0. The lowest BCUT2D eigenvalue weighted by Crippen LogP contribution is -2.65. The van der Waals surface area contributed by atoms with E-state index in [1.165, 1.54) is 6.42 Å². The Morgan fingerprint density at radius 3 is 2.35 bits per heavy atom. The van der Waals surface area contributed by atoms with E-state index >= 15 is 4.79 Å². The Hall–Kier alpha value is -5.07. The molecule has 7 fully saturated rings. The molecule has 1 spiro atoms. The Labute approximate surface area is 502 Å². The number of rotatable bonds is 8. The van der Waals surface area contributed by atoms with Crippen molar-refractivity contribution >= 4 is 23.4 Å². The van der Waals surface area contributed by atoms with Gasteiger partial charge in [0.2, 0.25) is 0 Å². The van der Waals surface area contributed by atoms with Crippen molar-refractivity contribution in [3.63, 3.8) is 0 Å². The number of phenols is 1. The predicted molar refractivity (Wildman–Crippen MR) is 322 cm³/mol. The zero-order valence-electron chi connectivity index (χ0n) is 49.9. The average Bonchev–Trinajstić information content (AvgIpc) is 1.35. The summed E-state index contributed by atoms with van der Waals surface area (Å²) in [5, 5.41) is 79.0. The summed E-state index contributed by atoms with van der Waals surface area (Å²) >= 11 is 0. The molecule has 15 unspecified atom stereocenters. The number of phenolic OH excluding ortho intramolecular Hbond substituents is 1. The highest BCUT2D eigenvalue weighted by Gasteiger charge is 2.62. The summed E-state index contributed by atoms with van der Waals surface area (Å²) in [5.74, 6) is 4.17. The second-order valence-electron chi connectivity index (χ2n) is 28.5. The lowest BCUT2D eigenvalue weighted by molar-refractivity contribution is -0.228. The van der Waals surface area contributed by atoms with Crippen molar-refractivity contribution in [1.29, 1.82) is 0 Å². The minimum Gasteiger partial charge on any atom is -0.507 e. The molecule has 13 nitrogen and oxygen atoms in total. The summed E-state index contributed by atoms with van der Waals surface area (Å²) in [6.07, 6.45) is 17.6. The highest BCUT2D eigenvalue weighted by Crippen LogP contribution is 2.60. The van der Waals surface area contributed by atoms with Crippen LogP contribution < -0.4 is 10.1 Å². The first-order chi connectivity index (χ1) is 41.1. The fraction of sp³-hybridized carbons (Fsp3) is 0.653. The molecule has 3 aromatic carbocycles. The summed E-state index contributed by atoms with van der Waals surface area (Å²) in [6, 6.07) is 15.9. The zero-order valence-corrected chi connectivity index (χ0v) is 49.9. The number of fused-ring (bicyclic) bond motifs is 11. The molecular weight excluding hydrogens is 1070 g/mol. The number of benzene rings is 3. The molecule has 13 rings (SSSR count). The Morgan fingerprint density at radius 2 is 1.54 bits per heavy atom. The zero-order chi connectivity index (χ0) is 58.8. The van der Waals surface area contributed by atoms with Crippen LogP contribution in [0.1, 0.15) is 224 Å². The van der Waals surface area contributed by atoms with Crippen LogP contribution in [0.2, 0.25) is 0 Å². The second-order valence-corrected chi connectivity index (χ2v) is 28.5. The van der Waals surface area contributed by atoms with Gasteiger partial charge in [-0.2, -0.15) is 0 Å². The molecule has 85 heavy (non-hydrogen) atoms. The number of aromatic hydroxyl groups is 1. The molecular formula is C72H91NO12. The van der Waals surface area contributed by atoms with Crippen LogP contribution in [0, 0.1) is 47.3 Å². The van der Waals surface area contributed by atoms with Crippen LogP contribution in [-0.2, 0) is 48.7 Å². The molecule has 10 aliphatic rings. The van der Waals surface area contributed by atoms with Crippen molar-refractivity contribution in [2.75, 3.05) is 11.9 Å². The van der Waals surface area contributed by atoms with Crippen LogP contribution in [0.5, 0.6) is 11.5 Å². The standard InChI is InChI=1S/C72H91NO12/c1-70(81,68(79)61-26-23-44-14-7-9-20-60(44)83-61)41-73-53-31-43(40-74)29-49(34-53)46-21-22-47-39-64(77)85-67-54(47)36-50(66(78)65(67)45-15-4-2-5-16-45)38-63-72(82)57-19-8-6-17-48(57)35-55-56(59(75)25-24-58(55)72)32-42-13-12-18-52(30-42)71(27-10-3-11-28-71)62(76)37-51(33-46)69(80)84-63/h12-13,18,29-31,34,36-37,44-48,55-58,60-63,68,73-74,76,78-79,81-82H,2-11,14-17,19-20,23-28,32-33,35,38-41H2,1H3.